The maximum absolute atomic E-state index is 3.46. The summed E-state index contributed by atoms with van der Waals surface area (Å²) in [5, 5.41) is 0. The minimum atomic E-state index is 1.12. The molecule has 0 aromatic carbocycles. The van der Waals surface area contributed by atoms with Crippen molar-refractivity contribution in [2.45, 2.75) is 52.9 Å². The molecule has 0 radical (unpaired) electrons. The lowest BCUT2D eigenvalue weighted by Crippen LogP contribution is -1.94. The normalized spacial score (nSPS) is 16.1. The zero-order valence-corrected chi connectivity index (χ0v) is 9.11. The average molecular weight is 176 g/mol. The van der Waals surface area contributed by atoms with Crippen LogP contribution in [0.2, 0.25) is 0 Å². The molecule has 0 spiro atoms. The van der Waals surface area contributed by atoms with E-state index in [2.05, 4.69) is 32.6 Å². The van der Waals surface area contributed by atoms with Crippen LogP contribution in [0.3, 0.4) is 0 Å². The molecule has 0 aliphatic heterocycles. The van der Waals surface area contributed by atoms with Crippen LogP contribution in [-0.4, -0.2) is 0 Å². The molecule has 0 saturated carbocycles. The predicted octanol–water partition coefficient (Wildman–Crippen LogP) is 4.39. The first kappa shape index (κ1) is 10.3. The summed E-state index contributed by atoms with van der Waals surface area (Å²) in [6, 6.07) is 0. The van der Waals surface area contributed by atoms with E-state index in [9.17, 15) is 0 Å². The Hall–Kier alpha value is -0.740. The van der Waals surface area contributed by atoms with Gasteiger partial charge in [0, 0.05) is 0 Å². The Morgan fingerprint density at radius 2 is 2.15 bits per heavy atom. The Balaban J connectivity index is 2.89. The highest BCUT2D eigenvalue weighted by molar-refractivity contribution is 5.31. The zero-order valence-electron chi connectivity index (χ0n) is 9.11. The van der Waals surface area contributed by atoms with Crippen molar-refractivity contribution in [1.29, 1.82) is 0 Å². The van der Waals surface area contributed by atoms with Crippen LogP contribution in [0.4, 0.5) is 0 Å². The number of hydrogen-bond acceptors (Lipinski definition) is 0. The molecule has 0 bridgehead atoms. The second-order valence-electron chi connectivity index (χ2n) is 3.93. The third kappa shape index (κ3) is 3.24. The van der Waals surface area contributed by atoms with Gasteiger partial charge in [-0.25, -0.2) is 0 Å². The third-order valence-electron chi connectivity index (χ3n) is 2.43. The third-order valence-corrected chi connectivity index (χ3v) is 2.43. The molecular formula is C13H20. The number of hydrogen-bond donors (Lipinski definition) is 0. The maximum Gasteiger partial charge on any atom is -0.00350 e. The SMILES string of the molecule is CCC(=C=C(C)C)C1=CCCCC1. The topological polar surface area (TPSA) is 0 Å². The van der Waals surface area contributed by atoms with Gasteiger partial charge in [0.25, 0.3) is 0 Å². The Morgan fingerprint density at radius 3 is 2.62 bits per heavy atom. The van der Waals surface area contributed by atoms with E-state index in [1.807, 2.05) is 0 Å². The monoisotopic (exact) mass is 176 g/mol. The smallest absolute Gasteiger partial charge is 0.00350 e. The first-order valence-electron chi connectivity index (χ1n) is 5.36. The van der Waals surface area contributed by atoms with Crippen LogP contribution < -0.4 is 0 Å². The van der Waals surface area contributed by atoms with E-state index < -0.39 is 0 Å². The minimum Gasteiger partial charge on any atom is -0.119 e. The van der Waals surface area contributed by atoms with E-state index in [0.717, 1.165) is 6.42 Å². The molecule has 0 amide bonds. The molecular weight excluding hydrogens is 156 g/mol. The van der Waals surface area contributed by atoms with Crippen molar-refractivity contribution < 1.29 is 0 Å². The average Bonchev–Trinajstić information content (AvgIpc) is 2.15. The molecule has 0 fully saturated rings. The van der Waals surface area contributed by atoms with Crippen LogP contribution in [0.5, 0.6) is 0 Å². The lowest BCUT2D eigenvalue weighted by Gasteiger charge is -2.13. The molecule has 0 N–H and O–H groups in total. The predicted molar refractivity (Wildman–Crippen MR) is 58.7 cm³/mol. The fourth-order valence-electron chi connectivity index (χ4n) is 1.81. The van der Waals surface area contributed by atoms with Crippen molar-refractivity contribution in [3.8, 4) is 0 Å². The summed E-state index contributed by atoms with van der Waals surface area (Å²) in [5.41, 5.74) is 7.74. The lowest BCUT2D eigenvalue weighted by atomic mass is 9.92. The molecule has 72 valence electrons. The summed E-state index contributed by atoms with van der Waals surface area (Å²) in [5.74, 6) is 0. The molecule has 0 aromatic heterocycles. The van der Waals surface area contributed by atoms with Gasteiger partial charge in [0.1, 0.15) is 0 Å². The Kier molecular flexibility index (Phi) is 4.05. The summed E-state index contributed by atoms with van der Waals surface area (Å²) < 4.78 is 0. The minimum absolute atomic E-state index is 1.12. The van der Waals surface area contributed by atoms with Crippen LogP contribution in [0, 0.1) is 0 Å². The second-order valence-corrected chi connectivity index (χ2v) is 3.93. The largest absolute Gasteiger partial charge is 0.119 e. The Bertz CT molecular complexity index is 256. The Morgan fingerprint density at radius 1 is 1.38 bits per heavy atom. The van der Waals surface area contributed by atoms with Crippen molar-refractivity contribution in [2.24, 2.45) is 0 Å². The highest BCUT2D eigenvalue weighted by Gasteiger charge is 2.06. The van der Waals surface area contributed by atoms with Gasteiger partial charge in [0.15, 0.2) is 0 Å². The molecule has 0 heteroatoms. The van der Waals surface area contributed by atoms with Gasteiger partial charge in [-0.05, 0) is 62.7 Å². The Labute approximate surface area is 82.0 Å². The van der Waals surface area contributed by atoms with Crippen LogP contribution in [-0.2, 0) is 0 Å². The van der Waals surface area contributed by atoms with E-state index >= 15 is 0 Å². The summed E-state index contributed by atoms with van der Waals surface area (Å²) in [7, 11) is 0. The fraction of sp³-hybridized carbons (Fsp3) is 0.615. The van der Waals surface area contributed by atoms with Crippen molar-refractivity contribution in [2.75, 3.05) is 0 Å². The van der Waals surface area contributed by atoms with E-state index in [1.54, 1.807) is 5.57 Å². The van der Waals surface area contributed by atoms with Crippen molar-refractivity contribution in [3.63, 3.8) is 0 Å². The number of rotatable bonds is 2. The van der Waals surface area contributed by atoms with Gasteiger partial charge in [-0.2, -0.15) is 0 Å². The zero-order chi connectivity index (χ0) is 9.68. The molecule has 0 saturated heterocycles. The highest BCUT2D eigenvalue weighted by atomic mass is 14.1. The molecule has 0 aromatic rings. The first-order valence-corrected chi connectivity index (χ1v) is 5.36. The maximum atomic E-state index is 3.46. The van der Waals surface area contributed by atoms with Gasteiger partial charge < -0.3 is 0 Å². The van der Waals surface area contributed by atoms with Gasteiger partial charge in [0.05, 0.1) is 0 Å². The van der Waals surface area contributed by atoms with Gasteiger partial charge >= 0.3 is 0 Å². The molecule has 0 atom stereocenters. The summed E-state index contributed by atoms with van der Waals surface area (Å²) >= 11 is 0. The van der Waals surface area contributed by atoms with Gasteiger partial charge in [-0.15, -0.1) is 5.73 Å². The van der Waals surface area contributed by atoms with E-state index in [1.165, 1.54) is 36.8 Å². The second kappa shape index (κ2) is 5.09. The molecule has 13 heavy (non-hydrogen) atoms. The summed E-state index contributed by atoms with van der Waals surface area (Å²) in [6.07, 6.45) is 8.79. The molecule has 0 nitrogen and oxygen atoms in total. The van der Waals surface area contributed by atoms with Gasteiger partial charge in [-0.1, -0.05) is 13.0 Å². The quantitative estimate of drug-likeness (QED) is 0.547. The highest BCUT2D eigenvalue weighted by Crippen LogP contribution is 2.25. The van der Waals surface area contributed by atoms with Crippen LogP contribution >= 0.6 is 0 Å². The molecule has 0 unspecified atom stereocenters. The first-order chi connectivity index (χ1) is 6.24. The summed E-state index contributed by atoms with van der Waals surface area (Å²) in [6.45, 7) is 6.47. The van der Waals surface area contributed by atoms with Crippen molar-refractivity contribution in [3.05, 3.63) is 28.5 Å². The van der Waals surface area contributed by atoms with E-state index in [4.69, 9.17) is 0 Å². The molecule has 1 aliphatic carbocycles. The standard InChI is InChI=1S/C13H20/c1-4-12(10-11(2)3)13-8-6-5-7-9-13/h8H,4-7,9H2,1-3H3. The van der Waals surface area contributed by atoms with Crippen LogP contribution in [0.25, 0.3) is 0 Å². The molecule has 0 heterocycles. The molecule has 1 aliphatic rings. The lowest BCUT2D eigenvalue weighted by molar-refractivity contribution is 0.702. The van der Waals surface area contributed by atoms with Crippen molar-refractivity contribution in [1.82, 2.24) is 0 Å². The molecule has 1 rings (SSSR count). The van der Waals surface area contributed by atoms with Crippen LogP contribution in [0.1, 0.15) is 52.9 Å². The van der Waals surface area contributed by atoms with Gasteiger partial charge in [-0.3, -0.25) is 0 Å². The van der Waals surface area contributed by atoms with Gasteiger partial charge in [0.2, 0.25) is 0 Å². The van der Waals surface area contributed by atoms with Crippen LogP contribution in [0.15, 0.2) is 28.5 Å². The fourth-order valence-corrected chi connectivity index (χ4v) is 1.81. The van der Waals surface area contributed by atoms with E-state index in [0.29, 0.717) is 0 Å². The summed E-state index contributed by atoms with van der Waals surface area (Å²) in [4.78, 5) is 0. The van der Waals surface area contributed by atoms with Crippen molar-refractivity contribution >= 4 is 0 Å². The number of allylic oxidation sites excluding steroid dienone is 3. The van der Waals surface area contributed by atoms with E-state index in [-0.39, 0.29) is 0 Å².